The van der Waals surface area contributed by atoms with Gasteiger partial charge in [0.25, 0.3) is 0 Å². The summed E-state index contributed by atoms with van der Waals surface area (Å²) >= 11 is 0. The van der Waals surface area contributed by atoms with E-state index in [1.54, 1.807) is 0 Å². The minimum atomic E-state index is 1.14. The standard InChI is InChI=1S/C13H26N2/c1-13(14-2)9-5-3-6-10-15-11-7-4-8-12-15/h14H,1,3-12H2,2H3. The van der Waals surface area contributed by atoms with E-state index in [1.807, 2.05) is 7.05 Å². The third-order valence-electron chi connectivity index (χ3n) is 3.26. The molecule has 1 heterocycles. The molecule has 2 nitrogen and oxygen atoms in total. The summed E-state index contributed by atoms with van der Waals surface area (Å²) < 4.78 is 0. The average molecular weight is 210 g/mol. The molecule has 0 aliphatic carbocycles. The van der Waals surface area contributed by atoms with Crippen LogP contribution in [-0.4, -0.2) is 31.6 Å². The summed E-state index contributed by atoms with van der Waals surface area (Å²) in [5, 5.41) is 3.10. The molecule has 15 heavy (non-hydrogen) atoms. The number of piperidine rings is 1. The van der Waals surface area contributed by atoms with Crippen molar-refractivity contribution in [2.75, 3.05) is 26.7 Å². The summed E-state index contributed by atoms with van der Waals surface area (Å²) in [6, 6.07) is 0. The molecule has 0 amide bonds. The van der Waals surface area contributed by atoms with Gasteiger partial charge in [-0.3, -0.25) is 0 Å². The van der Waals surface area contributed by atoms with Crippen molar-refractivity contribution < 1.29 is 0 Å². The molecule has 1 saturated heterocycles. The lowest BCUT2D eigenvalue weighted by Crippen LogP contribution is -2.30. The third kappa shape index (κ3) is 5.83. The van der Waals surface area contributed by atoms with Crippen molar-refractivity contribution >= 4 is 0 Å². The van der Waals surface area contributed by atoms with Gasteiger partial charge >= 0.3 is 0 Å². The Balaban J connectivity index is 1.89. The highest BCUT2D eigenvalue weighted by Crippen LogP contribution is 2.11. The fourth-order valence-electron chi connectivity index (χ4n) is 2.16. The Kier molecular flexibility index (Phi) is 6.49. The molecule has 0 bridgehead atoms. The summed E-state index contributed by atoms with van der Waals surface area (Å²) in [5.74, 6) is 0. The number of allylic oxidation sites excluding steroid dienone is 1. The van der Waals surface area contributed by atoms with Crippen LogP contribution in [0.5, 0.6) is 0 Å². The van der Waals surface area contributed by atoms with Crippen LogP contribution in [-0.2, 0) is 0 Å². The van der Waals surface area contributed by atoms with Crippen LogP contribution >= 0.6 is 0 Å². The largest absolute Gasteiger partial charge is 0.392 e. The molecule has 1 aliphatic rings. The van der Waals surface area contributed by atoms with Crippen molar-refractivity contribution in [2.45, 2.75) is 44.9 Å². The van der Waals surface area contributed by atoms with E-state index in [9.17, 15) is 0 Å². The average Bonchev–Trinajstić information content (AvgIpc) is 2.29. The molecular weight excluding hydrogens is 184 g/mol. The number of hydrogen-bond donors (Lipinski definition) is 1. The first-order valence-corrected chi connectivity index (χ1v) is 6.41. The van der Waals surface area contributed by atoms with Crippen LogP contribution in [0.25, 0.3) is 0 Å². The molecule has 88 valence electrons. The maximum absolute atomic E-state index is 3.94. The predicted octanol–water partition coefficient (Wildman–Crippen LogP) is 2.77. The molecule has 1 aliphatic heterocycles. The Morgan fingerprint density at radius 1 is 1.13 bits per heavy atom. The Labute approximate surface area is 94.7 Å². The predicted molar refractivity (Wildman–Crippen MR) is 67.0 cm³/mol. The first kappa shape index (κ1) is 12.6. The molecule has 0 saturated carbocycles. The molecule has 0 atom stereocenters. The monoisotopic (exact) mass is 210 g/mol. The summed E-state index contributed by atoms with van der Waals surface area (Å²) in [5.41, 5.74) is 1.17. The van der Waals surface area contributed by atoms with Gasteiger partial charge in [-0.25, -0.2) is 0 Å². The van der Waals surface area contributed by atoms with Crippen molar-refractivity contribution in [3.8, 4) is 0 Å². The minimum Gasteiger partial charge on any atom is -0.392 e. The highest BCUT2D eigenvalue weighted by molar-refractivity contribution is 4.88. The smallest absolute Gasteiger partial charge is 0.00310 e. The maximum atomic E-state index is 3.94. The van der Waals surface area contributed by atoms with Crippen molar-refractivity contribution in [1.29, 1.82) is 0 Å². The maximum Gasteiger partial charge on any atom is 0.00310 e. The van der Waals surface area contributed by atoms with Crippen molar-refractivity contribution in [2.24, 2.45) is 0 Å². The van der Waals surface area contributed by atoms with Crippen LogP contribution < -0.4 is 5.32 Å². The van der Waals surface area contributed by atoms with Gasteiger partial charge in [-0.1, -0.05) is 19.4 Å². The Hall–Kier alpha value is -0.500. The van der Waals surface area contributed by atoms with Gasteiger partial charge in [-0.15, -0.1) is 0 Å². The van der Waals surface area contributed by atoms with Crippen LogP contribution in [0.1, 0.15) is 44.9 Å². The molecule has 1 N–H and O–H groups in total. The van der Waals surface area contributed by atoms with Gasteiger partial charge in [0, 0.05) is 12.7 Å². The molecule has 0 spiro atoms. The van der Waals surface area contributed by atoms with Crippen LogP contribution in [0.3, 0.4) is 0 Å². The highest BCUT2D eigenvalue weighted by atomic mass is 15.1. The van der Waals surface area contributed by atoms with Gasteiger partial charge in [-0.05, 0) is 51.7 Å². The fraction of sp³-hybridized carbons (Fsp3) is 0.846. The van der Waals surface area contributed by atoms with Crippen LogP contribution in [0, 0.1) is 0 Å². The highest BCUT2D eigenvalue weighted by Gasteiger charge is 2.08. The second-order valence-electron chi connectivity index (χ2n) is 4.57. The molecule has 1 fully saturated rings. The zero-order valence-electron chi connectivity index (χ0n) is 10.2. The molecule has 0 aromatic carbocycles. The van der Waals surface area contributed by atoms with Gasteiger partial charge in [0.2, 0.25) is 0 Å². The normalized spacial score (nSPS) is 17.7. The van der Waals surface area contributed by atoms with Gasteiger partial charge in [0.05, 0.1) is 0 Å². The quantitative estimate of drug-likeness (QED) is 0.650. The number of rotatable bonds is 7. The zero-order chi connectivity index (χ0) is 10.9. The zero-order valence-corrected chi connectivity index (χ0v) is 10.2. The van der Waals surface area contributed by atoms with E-state index in [0.717, 1.165) is 6.42 Å². The van der Waals surface area contributed by atoms with E-state index in [2.05, 4.69) is 16.8 Å². The number of hydrogen-bond acceptors (Lipinski definition) is 2. The topological polar surface area (TPSA) is 15.3 Å². The van der Waals surface area contributed by atoms with E-state index in [-0.39, 0.29) is 0 Å². The molecule has 2 heteroatoms. The van der Waals surface area contributed by atoms with E-state index in [4.69, 9.17) is 0 Å². The van der Waals surface area contributed by atoms with Gasteiger partial charge in [-0.2, -0.15) is 0 Å². The molecule has 0 unspecified atom stereocenters. The molecule has 1 rings (SSSR count). The first-order chi connectivity index (χ1) is 7.33. The molecule has 0 aromatic rings. The number of nitrogens with zero attached hydrogens (tertiary/aromatic N) is 1. The van der Waals surface area contributed by atoms with E-state index in [1.165, 1.54) is 63.9 Å². The van der Waals surface area contributed by atoms with Gasteiger partial charge in [0.1, 0.15) is 0 Å². The minimum absolute atomic E-state index is 1.14. The summed E-state index contributed by atoms with van der Waals surface area (Å²) in [6.45, 7) is 7.92. The molecule has 0 aromatic heterocycles. The second kappa shape index (κ2) is 7.75. The van der Waals surface area contributed by atoms with E-state index >= 15 is 0 Å². The van der Waals surface area contributed by atoms with E-state index < -0.39 is 0 Å². The summed E-state index contributed by atoms with van der Waals surface area (Å²) in [4.78, 5) is 2.62. The number of unbranched alkanes of at least 4 members (excludes halogenated alkanes) is 2. The number of nitrogens with one attached hydrogen (secondary N) is 1. The fourth-order valence-corrected chi connectivity index (χ4v) is 2.16. The van der Waals surface area contributed by atoms with Crippen LogP contribution in [0.15, 0.2) is 12.3 Å². The Morgan fingerprint density at radius 2 is 1.87 bits per heavy atom. The first-order valence-electron chi connectivity index (χ1n) is 6.41. The lowest BCUT2D eigenvalue weighted by Gasteiger charge is -2.26. The molecule has 0 radical (unpaired) electrons. The van der Waals surface area contributed by atoms with Crippen LogP contribution in [0.4, 0.5) is 0 Å². The van der Waals surface area contributed by atoms with Crippen molar-refractivity contribution in [1.82, 2.24) is 10.2 Å². The second-order valence-corrected chi connectivity index (χ2v) is 4.57. The van der Waals surface area contributed by atoms with E-state index in [0.29, 0.717) is 0 Å². The Bertz CT molecular complexity index is 171. The third-order valence-corrected chi connectivity index (χ3v) is 3.26. The Morgan fingerprint density at radius 3 is 2.53 bits per heavy atom. The summed E-state index contributed by atoms with van der Waals surface area (Å²) in [7, 11) is 1.95. The SMILES string of the molecule is C=C(CCCCCN1CCCCC1)NC. The molecular formula is C13H26N2. The van der Waals surface area contributed by atoms with Crippen molar-refractivity contribution in [3.05, 3.63) is 12.3 Å². The summed E-state index contributed by atoms with van der Waals surface area (Å²) in [6.07, 6.45) is 9.39. The lowest BCUT2D eigenvalue weighted by molar-refractivity contribution is 0.224. The van der Waals surface area contributed by atoms with Gasteiger partial charge in [0.15, 0.2) is 0 Å². The van der Waals surface area contributed by atoms with Gasteiger partial charge < -0.3 is 10.2 Å². The number of likely N-dealkylation sites (tertiary alicyclic amines) is 1. The lowest BCUT2D eigenvalue weighted by atomic mass is 10.1. The van der Waals surface area contributed by atoms with Crippen molar-refractivity contribution in [3.63, 3.8) is 0 Å². The van der Waals surface area contributed by atoms with Crippen LogP contribution in [0.2, 0.25) is 0 Å².